The Labute approximate surface area is 144 Å². The fourth-order valence-electron chi connectivity index (χ4n) is 3.15. The standard InChI is InChI=1S/C18H18FN3O3/c1-11(23)22-5-4-12(9-22)6-14-8-17(21-10-20-14)16-7-13(19)2-3-15(16)18(24)25/h2-3,7-8,10,12H,4-6,9H2,1H3,(H,24,25)/t12-/m0/s1. The fourth-order valence-corrected chi connectivity index (χ4v) is 3.15. The number of benzene rings is 1. The molecule has 0 aliphatic carbocycles. The van der Waals surface area contributed by atoms with E-state index in [1.54, 1.807) is 13.0 Å². The van der Waals surface area contributed by atoms with Gasteiger partial charge < -0.3 is 10.0 Å². The third-order valence-corrected chi connectivity index (χ3v) is 4.44. The second-order valence-corrected chi connectivity index (χ2v) is 6.21. The van der Waals surface area contributed by atoms with Crippen molar-refractivity contribution in [1.82, 2.24) is 14.9 Å². The Morgan fingerprint density at radius 1 is 1.32 bits per heavy atom. The van der Waals surface area contributed by atoms with Gasteiger partial charge in [-0.15, -0.1) is 0 Å². The van der Waals surface area contributed by atoms with Crippen LogP contribution in [0, 0.1) is 11.7 Å². The molecule has 7 heteroatoms. The summed E-state index contributed by atoms with van der Waals surface area (Å²) in [5.41, 5.74) is 1.35. The van der Waals surface area contributed by atoms with Crippen LogP contribution < -0.4 is 0 Å². The molecule has 0 bridgehead atoms. The van der Waals surface area contributed by atoms with E-state index in [-0.39, 0.29) is 17.0 Å². The molecule has 0 spiro atoms. The first kappa shape index (κ1) is 17.0. The molecule has 0 saturated carbocycles. The minimum absolute atomic E-state index is 0.00493. The molecule has 2 aromatic rings. The molecule has 6 nitrogen and oxygen atoms in total. The number of hydrogen-bond acceptors (Lipinski definition) is 4. The van der Waals surface area contributed by atoms with Gasteiger partial charge in [-0.1, -0.05) is 0 Å². The molecular formula is C18H18FN3O3. The van der Waals surface area contributed by atoms with Crippen LogP contribution in [0.4, 0.5) is 4.39 Å². The first-order valence-corrected chi connectivity index (χ1v) is 8.03. The van der Waals surface area contributed by atoms with Crippen molar-refractivity contribution in [3.63, 3.8) is 0 Å². The van der Waals surface area contributed by atoms with Gasteiger partial charge in [-0.3, -0.25) is 4.79 Å². The fraction of sp³-hybridized carbons (Fsp3) is 0.333. The van der Waals surface area contributed by atoms with Gasteiger partial charge >= 0.3 is 5.97 Å². The van der Waals surface area contributed by atoms with Crippen LogP contribution in [0.5, 0.6) is 0 Å². The van der Waals surface area contributed by atoms with Crippen LogP contribution in [0.25, 0.3) is 11.3 Å². The molecule has 1 amide bonds. The van der Waals surface area contributed by atoms with E-state index in [1.165, 1.54) is 18.5 Å². The van der Waals surface area contributed by atoms with Gasteiger partial charge in [0.1, 0.15) is 12.1 Å². The Bertz CT molecular complexity index is 825. The molecule has 1 saturated heterocycles. The normalized spacial score (nSPS) is 16.9. The molecular weight excluding hydrogens is 325 g/mol. The lowest BCUT2D eigenvalue weighted by molar-refractivity contribution is -0.127. The second kappa shape index (κ2) is 6.96. The van der Waals surface area contributed by atoms with Crippen molar-refractivity contribution in [1.29, 1.82) is 0 Å². The molecule has 1 aliphatic heterocycles. The molecule has 25 heavy (non-hydrogen) atoms. The molecule has 3 rings (SSSR count). The summed E-state index contributed by atoms with van der Waals surface area (Å²) in [4.78, 5) is 32.9. The van der Waals surface area contributed by atoms with Gasteiger partial charge in [-0.25, -0.2) is 19.2 Å². The summed E-state index contributed by atoms with van der Waals surface area (Å²) >= 11 is 0. The number of nitrogens with zero attached hydrogens (tertiary/aromatic N) is 3. The highest BCUT2D eigenvalue weighted by Crippen LogP contribution is 2.25. The number of hydrogen-bond donors (Lipinski definition) is 1. The van der Waals surface area contributed by atoms with Crippen molar-refractivity contribution in [2.75, 3.05) is 13.1 Å². The number of carbonyl (C=O) groups excluding carboxylic acids is 1. The first-order valence-electron chi connectivity index (χ1n) is 8.03. The van der Waals surface area contributed by atoms with Crippen LogP contribution in [0.2, 0.25) is 0 Å². The molecule has 1 aromatic carbocycles. The predicted molar refractivity (Wildman–Crippen MR) is 88.5 cm³/mol. The maximum absolute atomic E-state index is 13.6. The smallest absolute Gasteiger partial charge is 0.336 e. The number of halogens is 1. The molecule has 1 aliphatic rings. The first-order chi connectivity index (χ1) is 11.9. The summed E-state index contributed by atoms with van der Waals surface area (Å²) in [5, 5.41) is 9.29. The number of aromatic nitrogens is 2. The Balaban J connectivity index is 1.84. The highest BCUT2D eigenvalue weighted by atomic mass is 19.1. The Hall–Kier alpha value is -2.83. The third kappa shape index (κ3) is 3.81. The molecule has 0 radical (unpaired) electrons. The minimum Gasteiger partial charge on any atom is -0.478 e. The molecule has 130 valence electrons. The molecule has 1 N–H and O–H groups in total. The summed E-state index contributed by atoms with van der Waals surface area (Å²) in [5.74, 6) is -1.29. The van der Waals surface area contributed by atoms with Crippen LogP contribution >= 0.6 is 0 Å². The lowest BCUT2D eigenvalue weighted by Crippen LogP contribution is -2.26. The highest BCUT2D eigenvalue weighted by Gasteiger charge is 2.25. The van der Waals surface area contributed by atoms with Crippen molar-refractivity contribution in [3.8, 4) is 11.3 Å². The summed E-state index contributed by atoms with van der Waals surface area (Å²) in [6.07, 6.45) is 2.93. The zero-order valence-electron chi connectivity index (χ0n) is 13.8. The Morgan fingerprint density at radius 3 is 2.80 bits per heavy atom. The number of aromatic carboxylic acids is 1. The van der Waals surface area contributed by atoms with E-state index in [0.717, 1.165) is 24.7 Å². The van der Waals surface area contributed by atoms with Crippen LogP contribution in [0.1, 0.15) is 29.4 Å². The van der Waals surface area contributed by atoms with E-state index in [0.29, 0.717) is 24.6 Å². The lowest BCUT2D eigenvalue weighted by atomic mass is 9.99. The summed E-state index contributed by atoms with van der Waals surface area (Å²) < 4.78 is 13.6. The maximum atomic E-state index is 13.6. The van der Waals surface area contributed by atoms with Crippen molar-refractivity contribution in [2.24, 2.45) is 5.92 Å². The number of carbonyl (C=O) groups is 2. The summed E-state index contributed by atoms with van der Waals surface area (Å²) in [6, 6.07) is 5.21. The van der Waals surface area contributed by atoms with Crippen molar-refractivity contribution in [3.05, 3.63) is 47.7 Å². The number of likely N-dealkylation sites (tertiary alicyclic amines) is 1. The quantitative estimate of drug-likeness (QED) is 0.921. The van der Waals surface area contributed by atoms with E-state index in [1.807, 2.05) is 4.90 Å². The van der Waals surface area contributed by atoms with Gasteiger partial charge in [-0.2, -0.15) is 0 Å². The van der Waals surface area contributed by atoms with Gasteiger partial charge in [0.2, 0.25) is 5.91 Å². The zero-order chi connectivity index (χ0) is 18.0. The largest absolute Gasteiger partial charge is 0.478 e. The van der Waals surface area contributed by atoms with E-state index in [2.05, 4.69) is 9.97 Å². The molecule has 1 aromatic heterocycles. The van der Waals surface area contributed by atoms with E-state index < -0.39 is 11.8 Å². The van der Waals surface area contributed by atoms with Crippen LogP contribution in [-0.2, 0) is 11.2 Å². The van der Waals surface area contributed by atoms with Gasteiger partial charge in [0.15, 0.2) is 0 Å². The minimum atomic E-state index is -1.14. The second-order valence-electron chi connectivity index (χ2n) is 6.21. The molecule has 2 heterocycles. The third-order valence-electron chi connectivity index (χ3n) is 4.44. The van der Waals surface area contributed by atoms with Crippen molar-refractivity contribution < 1.29 is 19.1 Å². The van der Waals surface area contributed by atoms with Gasteiger partial charge in [0.25, 0.3) is 0 Å². The number of rotatable bonds is 4. The summed E-state index contributed by atoms with van der Waals surface area (Å²) in [7, 11) is 0. The average Bonchev–Trinajstić information content (AvgIpc) is 3.03. The lowest BCUT2D eigenvalue weighted by Gasteiger charge is -2.14. The topological polar surface area (TPSA) is 83.4 Å². The van der Waals surface area contributed by atoms with Gasteiger partial charge in [0, 0.05) is 31.3 Å². The molecule has 1 atom stereocenters. The zero-order valence-corrected chi connectivity index (χ0v) is 13.8. The van der Waals surface area contributed by atoms with Crippen molar-refractivity contribution >= 4 is 11.9 Å². The molecule has 0 unspecified atom stereocenters. The number of carboxylic acid groups (broad SMARTS) is 1. The van der Waals surface area contributed by atoms with Crippen molar-refractivity contribution in [2.45, 2.75) is 19.8 Å². The Kier molecular flexibility index (Phi) is 4.74. The SMILES string of the molecule is CC(=O)N1CC[C@@H](Cc2cc(-c3cc(F)ccc3C(=O)O)ncn2)C1. The number of carboxylic acids is 1. The summed E-state index contributed by atoms with van der Waals surface area (Å²) in [6.45, 7) is 2.99. The van der Waals surface area contributed by atoms with Crippen LogP contribution in [0.15, 0.2) is 30.6 Å². The predicted octanol–water partition coefficient (Wildman–Crippen LogP) is 2.39. The van der Waals surface area contributed by atoms with E-state index in [4.69, 9.17) is 0 Å². The van der Waals surface area contributed by atoms with Gasteiger partial charge in [0.05, 0.1) is 11.3 Å². The Morgan fingerprint density at radius 2 is 2.12 bits per heavy atom. The monoisotopic (exact) mass is 343 g/mol. The number of amides is 1. The van der Waals surface area contributed by atoms with Crippen LogP contribution in [0.3, 0.4) is 0 Å². The molecule has 1 fully saturated rings. The van der Waals surface area contributed by atoms with E-state index in [9.17, 15) is 19.1 Å². The van der Waals surface area contributed by atoms with Crippen LogP contribution in [-0.4, -0.2) is 44.9 Å². The maximum Gasteiger partial charge on any atom is 0.336 e. The average molecular weight is 343 g/mol. The van der Waals surface area contributed by atoms with E-state index >= 15 is 0 Å². The van der Waals surface area contributed by atoms with Gasteiger partial charge in [-0.05, 0) is 43.0 Å². The highest BCUT2D eigenvalue weighted by molar-refractivity contribution is 5.95.